The molecular formula is C33H33N3O8S. The van der Waals surface area contributed by atoms with Crippen molar-refractivity contribution in [1.82, 2.24) is 4.90 Å². The number of para-hydroxylation sites is 1. The van der Waals surface area contributed by atoms with Crippen LogP contribution in [0.5, 0.6) is 0 Å². The molecule has 234 valence electrons. The normalized spacial score (nSPS) is 11.1. The number of benzene rings is 4. The van der Waals surface area contributed by atoms with Crippen LogP contribution in [0.3, 0.4) is 0 Å². The number of urea groups is 1. The Morgan fingerprint density at radius 1 is 0.933 bits per heavy atom. The van der Waals surface area contributed by atoms with Crippen LogP contribution in [0.4, 0.5) is 16.2 Å². The minimum atomic E-state index is -4.22. The van der Waals surface area contributed by atoms with Gasteiger partial charge in [-0.3, -0.25) is 14.9 Å². The molecule has 0 aromatic heterocycles. The molecule has 4 aromatic rings. The van der Waals surface area contributed by atoms with Gasteiger partial charge in [-0.1, -0.05) is 79.7 Å². The molecule has 4 rings (SSSR count). The van der Waals surface area contributed by atoms with Crippen LogP contribution in [0.2, 0.25) is 0 Å². The molecular weight excluding hydrogens is 598 g/mol. The molecule has 2 N–H and O–H groups in total. The molecule has 0 atom stereocenters. The quantitative estimate of drug-likeness (QED) is 0.109. The Morgan fingerprint density at radius 2 is 1.62 bits per heavy atom. The molecule has 0 aliphatic rings. The number of aliphatic hydroxyl groups excluding tert-OH is 1. The van der Waals surface area contributed by atoms with E-state index in [-0.39, 0.29) is 48.9 Å². The van der Waals surface area contributed by atoms with Crippen molar-refractivity contribution >= 4 is 33.2 Å². The van der Waals surface area contributed by atoms with Crippen molar-refractivity contribution in [3.8, 4) is 11.1 Å². The molecule has 0 unspecified atom stereocenters. The number of nitro benzene ring substituents is 1. The van der Waals surface area contributed by atoms with E-state index in [0.717, 1.165) is 11.6 Å². The monoisotopic (exact) mass is 631 g/mol. The number of nitro groups is 1. The van der Waals surface area contributed by atoms with E-state index in [4.69, 9.17) is 4.74 Å². The van der Waals surface area contributed by atoms with Crippen molar-refractivity contribution in [1.29, 1.82) is 0 Å². The lowest BCUT2D eigenvalue weighted by atomic mass is 9.99. The van der Waals surface area contributed by atoms with E-state index in [2.05, 4.69) is 5.32 Å². The molecule has 45 heavy (non-hydrogen) atoms. The summed E-state index contributed by atoms with van der Waals surface area (Å²) < 4.78 is 32.0. The number of nitrogens with one attached hydrogen (secondary N) is 1. The first-order valence-corrected chi connectivity index (χ1v) is 15.7. The average molecular weight is 632 g/mol. The molecule has 2 amide bonds. The Morgan fingerprint density at radius 3 is 2.27 bits per heavy atom. The Hall–Kier alpha value is -5.07. The van der Waals surface area contributed by atoms with Gasteiger partial charge in [0.05, 0.1) is 22.1 Å². The van der Waals surface area contributed by atoms with Gasteiger partial charge in [-0.05, 0) is 35.7 Å². The van der Waals surface area contributed by atoms with Gasteiger partial charge in [0.15, 0.2) is 0 Å². The molecule has 0 radical (unpaired) electrons. The number of esters is 1. The predicted octanol–water partition coefficient (Wildman–Crippen LogP) is 5.62. The third-order valence-corrected chi connectivity index (χ3v) is 8.86. The summed E-state index contributed by atoms with van der Waals surface area (Å²) in [6, 6.07) is 25.0. The largest absolute Gasteiger partial charge is 0.461 e. The Kier molecular flexibility index (Phi) is 11.0. The number of ether oxygens (including phenoxy) is 1. The summed E-state index contributed by atoms with van der Waals surface area (Å²) in [6.07, 6.45) is 0.662. The smallest absolute Gasteiger partial charge is 0.321 e. The molecule has 0 saturated heterocycles. The summed E-state index contributed by atoms with van der Waals surface area (Å²) in [6.45, 7) is 1.50. The van der Waals surface area contributed by atoms with Crippen LogP contribution < -0.4 is 5.32 Å². The third kappa shape index (κ3) is 8.11. The highest BCUT2D eigenvalue weighted by atomic mass is 32.2. The minimum absolute atomic E-state index is 0.0402. The standard InChI is InChI=1S/C33H33N3O8S/c1-2-31(38)44-23-26-12-9-15-28(32(26)34-33(39)35(20-21-37)19-18-24-10-5-3-6-11-24)25-16-17-30(29(22-25)36(40)41)45(42,43)27-13-7-4-8-14-27/h3-17,22,37H,2,18-21,23H2,1H3,(H,34,39). The zero-order valence-corrected chi connectivity index (χ0v) is 25.4. The number of rotatable bonds is 13. The number of sulfone groups is 1. The summed E-state index contributed by atoms with van der Waals surface area (Å²) >= 11 is 0. The maximum atomic E-state index is 13.6. The first-order valence-electron chi connectivity index (χ1n) is 14.2. The number of carbonyl (C=O) groups excluding carboxylic acids is 2. The summed E-state index contributed by atoms with van der Waals surface area (Å²) in [5.41, 5.74) is 1.60. The van der Waals surface area contributed by atoms with Gasteiger partial charge in [0.2, 0.25) is 9.84 Å². The molecule has 11 nitrogen and oxygen atoms in total. The van der Waals surface area contributed by atoms with Crippen molar-refractivity contribution in [2.24, 2.45) is 0 Å². The van der Waals surface area contributed by atoms with Gasteiger partial charge < -0.3 is 20.1 Å². The summed E-state index contributed by atoms with van der Waals surface area (Å²) in [4.78, 5) is 37.8. The molecule has 0 saturated carbocycles. The molecule has 0 fully saturated rings. The topological polar surface area (TPSA) is 156 Å². The van der Waals surface area contributed by atoms with Crippen LogP contribution >= 0.6 is 0 Å². The second-order valence-corrected chi connectivity index (χ2v) is 11.9. The van der Waals surface area contributed by atoms with E-state index < -0.39 is 37.3 Å². The Labute approximate surface area is 261 Å². The number of anilines is 1. The van der Waals surface area contributed by atoms with Crippen LogP contribution in [-0.4, -0.2) is 55.0 Å². The number of hydrogen-bond donors (Lipinski definition) is 2. The van der Waals surface area contributed by atoms with Gasteiger partial charge in [0.1, 0.15) is 11.5 Å². The summed E-state index contributed by atoms with van der Waals surface area (Å²) in [5, 5.41) is 24.7. The van der Waals surface area contributed by atoms with Crippen LogP contribution in [0.15, 0.2) is 107 Å². The number of aliphatic hydroxyl groups is 1. The van der Waals surface area contributed by atoms with Crippen molar-refractivity contribution in [2.75, 3.05) is 25.0 Å². The summed E-state index contributed by atoms with van der Waals surface area (Å²) in [7, 11) is -4.22. The van der Waals surface area contributed by atoms with Crippen LogP contribution in [0.25, 0.3) is 11.1 Å². The fourth-order valence-electron chi connectivity index (χ4n) is 4.68. The van der Waals surface area contributed by atoms with Crippen LogP contribution in [0.1, 0.15) is 24.5 Å². The Balaban J connectivity index is 1.75. The van der Waals surface area contributed by atoms with Crippen molar-refractivity contribution in [2.45, 2.75) is 36.2 Å². The molecule has 0 bridgehead atoms. The highest BCUT2D eigenvalue weighted by Crippen LogP contribution is 2.37. The van der Waals surface area contributed by atoms with E-state index in [9.17, 15) is 33.2 Å². The lowest BCUT2D eigenvalue weighted by molar-refractivity contribution is -0.387. The fraction of sp³-hybridized carbons (Fsp3) is 0.212. The third-order valence-electron chi connectivity index (χ3n) is 7.04. The number of hydrogen-bond acceptors (Lipinski definition) is 8. The molecule has 0 aliphatic carbocycles. The SMILES string of the molecule is CCC(=O)OCc1cccc(-c2ccc(S(=O)(=O)c3ccccc3)c([N+](=O)[O-])c2)c1NC(=O)N(CCO)CCc1ccccc1. The predicted molar refractivity (Wildman–Crippen MR) is 168 cm³/mol. The second-order valence-electron chi connectivity index (χ2n) is 9.99. The van der Waals surface area contributed by atoms with Gasteiger partial charge in [-0.15, -0.1) is 0 Å². The van der Waals surface area contributed by atoms with Gasteiger partial charge in [-0.25, -0.2) is 13.2 Å². The first kappa shape index (κ1) is 32.8. The number of carbonyl (C=O) groups is 2. The fourth-order valence-corrected chi connectivity index (χ4v) is 6.11. The van der Waals surface area contributed by atoms with Crippen LogP contribution in [0, 0.1) is 10.1 Å². The Bertz CT molecular complexity index is 1760. The van der Waals surface area contributed by atoms with E-state index in [1.807, 2.05) is 30.3 Å². The van der Waals surface area contributed by atoms with E-state index in [1.54, 1.807) is 31.2 Å². The second kappa shape index (κ2) is 15.1. The maximum Gasteiger partial charge on any atom is 0.321 e. The van der Waals surface area contributed by atoms with E-state index in [0.29, 0.717) is 17.5 Å². The van der Waals surface area contributed by atoms with Gasteiger partial charge >= 0.3 is 12.0 Å². The van der Waals surface area contributed by atoms with Gasteiger partial charge in [0.25, 0.3) is 5.69 Å². The van der Waals surface area contributed by atoms with Crippen molar-refractivity contribution < 1.29 is 32.8 Å². The highest BCUT2D eigenvalue weighted by Gasteiger charge is 2.29. The lowest BCUT2D eigenvalue weighted by Gasteiger charge is -2.24. The average Bonchev–Trinajstić information content (AvgIpc) is 3.06. The molecule has 12 heteroatoms. The van der Waals surface area contributed by atoms with Crippen LogP contribution in [-0.2, 0) is 32.4 Å². The lowest BCUT2D eigenvalue weighted by Crippen LogP contribution is -2.38. The van der Waals surface area contributed by atoms with Crippen molar-refractivity contribution in [3.05, 3.63) is 118 Å². The zero-order chi connectivity index (χ0) is 32.4. The van der Waals surface area contributed by atoms with Crippen molar-refractivity contribution in [3.63, 3.8) is 0 Å². The molecule has 0 aliphatic heterocycles. The van der Waals surface area contributed by atoms with Gasteiger partial charge in [0, 0.05) is 36.7 Å². The number of nitrogens with zero attached hydrogens (tertiary/aromatic N) is 2. The van der Waals surface area contributed by atoms with Gasteiger partial charge in [-0.2, -0.15) is 0 Å². The molecule has 4 aromatic carbocycles. The van der Waals surface area contributed by atoms with E-state index >= 15 is 0 Å². The maximum absolute atomic E-state index is 13.6. The molecule has 0 spiro atoms. The van der Waals surface area contributed by atoms with E-state index in [1.165, 1.54) is 41.3 Å². The summed E-state index contributed by atoms with van der Waals surface area (Å²) in [5.74, 6) is -0.464. The first-order chi connectivity index (χ1) is 21.6. The minimum Gasteiger partial charge on any atom is -0.461 e. The highest BCUT2D eigenvalue weighted by molar-refractivity contribution is 7.91. The zero-order valence-electron chi connectivity index (χ0n) is 24.6. The number of amides is 2. The molecule has 0 heterocycles.